The lowest BCUT2D eigenvalue weighted by Crippen LogP contribution is -2.29. The molecule has 7 heteroatoms. The fourth-order valence-electron chi connectivity index (χ4n) is 1.83. The molecule has 130 valence electrons. The van der Waals surface area contributed by atoms with Gasteiger partial charge in [-0.05, 0) is 48.9 Å². The Morgan fingerprint density at radius 1 is 1.16 bits per heavy atom. The summed E-state index contributed by atoms with van der Waals surface area (Å²) in [5.41, 5.74) is 0.526. The lowest BCUT2D eigenvalue weighted by Gasteiger charge is -2.13. The summed E-state index contributed by atoms with van der Waals surface area (Å²) < 4.78 is 31.3. The number of hydrogen-bond donors (Lipinski definition) is 1. The topological polar surface area (TPSA) is 55.4 Å². The monoisotopic (exact) mass is 365 g/mol. The Kier molecular flexibility index (Phi) is 6.25. The Balaban J connectivity index is 1.91. The van der Waals surface area contributed by atoms with E-state index in [2.05, 4.69) is 5.32 Å². The van der Waals surface area contributed by atoms with Crippen molar-refractivity contribution in [3.8, 4) is 0 Å². The van der Waals surface area contributed by atoms with Crippen molar-refractivity contribution in [1.82, 2.24) is 0 Å². The van der Waals surface area contributed by atoms with E-state index in [1.807, 2.05) is 0 Å². The number of carbonyl (C=O) groups is 2. The number of hydrogen-bond acceptors (Lipinski definition) is 3. The normalized spacial score (nSPS) is 12.0. The van der Waals surface area contributed by atoms with E-state index in [9.17, 15) is 18.4 Å². The lowest BCUT2D eigenvalue weighted by molar-refractivity contribution is -0.148. The summed E-state index contributed by atoms with van der Waals surface area (Å²) in [4.78, 5) is 23.7. The molecule has 1 atom stereocenters. The predicted octanol–water partition coefficient (Wildman–Crippen LogP) is 4.20. The van der Waals surface area contributed by atoms with Crippen LogP contribution < -0.4 is 5.32 Å². The Bertz CT molecular complexity index is 806. The van der Waals surface area contributed by atoms with Gasteiger partial charge < -0.3 is 10.1 Å². The molecule has 0 heterocycles. The minimum absolute atomic E-state index is 0.0702. The zero-order valence-corrected chi connectivity index (χ0v) is 13.9. The number of benzene rings is 2. The van der Waals surface area contributed by atoms with Crippen LogP contribution in [0, 0.1) is 11.6 Å². The summed E-state index contributed by atoms with van der Waals surface area (Å²) in [6, 6.07) is 9.25. The third kappa shape index (κ3) is 5.69. The number of ether oxygens (including phenoxy) is 1. The Morgan fingerprint density at radius 3 is 2.48 bits per heavy atom. The quantitative estimate of drug-likeness (QED) is 0.638. The average molecular weight is 366 g/mol. The standard InChI is InChI=1S/C18H14ClF2NO3/c1-11(18(24)22-16-8-5-13(19)10-15(16)21)25-17(23)9-4-12-2-6-14(20)7-3-12/h2-11H,1H3,(H,22,24)/b9-4+. The third-order valence-corrected chi connectivity index (χ3v) is 3.37. The molecule has 0 fully saturated rings. The van der Waals surface area contributed by atoms with Crippen molar-refractivity contribution >= 4 is 35.2 Å². The first-order chi connectivity index (χ1) is 11.8. The molecule has 0 saturated heterocycles. The second kappa shape index (κ2) is 8.39. The van der Waals surface area contributed by atoms with Gasteiger partial charge in [0.15, 0.2) is 6.10 Å². The highest BCUT2D eigenvalue weighted by atomic mass is 35.5. The molecular weight excluding hydrogens is 352 g/mol. The van der Waals surface area contributed by atoms with Crippen molar-refractivity contribution in [2.75, 3.05) is 5.32 Å². The molecule has 1 amide bonds. The van der Waals surface area contributed by atoms with Gasteiger partial charge in [-0.2, -0.15) is 0 Å². The van der Waals surface area contributed by atoms with Gasteiger partial charge in [0.1, 0.15) is 11.6 Å². The molecule has 25 heavy (non-hydrogen) atoms. The molecule has 0 aliphatic carbocycles. The first-order valence-electron chi connectivity index (χ1n) is 7.25. The number of anilines is 1. The number of amides is 1. The molecule has 1 unspecified atom stereocenters. The fraction of sp³-hybridized carbons (Fsp3) is 0.111. The summed E-state index contributed by atoms with van der Waals surface area (Å²) in [6.07, 6.45) is 1.39. The predicted molar refractivity (Wildman–Crippen MR) is 91.0 cm³/mol. The van der Waals surface area contributed by atoms with Gasteiger partial charge in [0.25, 0.3) is 5.91 Å². The van der Waals surface area contributed by atoms with Crippen molar-refractivity contribution in [3.63, 3.8) is 0 Å². The van der Waals surface area contributed by atoms with Crippen LogP contribution in [0.4, 0.5) is 14.5 Å². The van der Waals surface area contributed by atoms with Gasteiger partial charge in [0, 0.05) is 11.1 Å². The van der Waals surface area contributed by atoms with Crippen LogP contribution in [0.1, 0.15) is 12.5 Å². The zero-order chi connectivity index (χ0) is 18.4. The van der Waals surface area contributed by atoms with Gasteiger partial charge in [0.05, 0.1) is 5.69 Å². The molecule has 0 spiro atoms. The van der Waals surface area contributed by atoms with Crippen LogP contribution in [-0.2, 0) is 14.3 Å². The van der Waals surface area contributed by atoms with Crippen molar-refractivity contribution in [2.45, 2.75) is 13.0 Å². The van der Waals surface area contributed by atoms with E-state index in [-0.39, 0.29) is 16.5 Å². The summed E-state index contributed by atoms with van der Waals surface area (Å²) in [5, 5.41) is 2.50. The van der Waals surface area contributed by atoms with Crippen LogP contribution in [0.2, 0.25) is 5.02 Å². The summed E-state index contributed by atoms with van der Waals surface area (Å²) in [5.74, 6) is -2.54. The second-order valence-corrected chi connectivity index (χ2v) is 5.51. The molecule has 4 nitrogen and oxygen atoms in total. The fourth-order valence-corrected chi connectivity index (χ4v) is 1.99. The van der Waals surface area contributed by atoms with Crippen LogP contribution in [0.5, 0.6) is 0 Å². The van der Waals surface area contributed by atoms with Gasteiger partial charge in [0.2, 0.25) is 0 Å². The van der Waals surface area contributed by atoms with E-state index < -0.39 is 23.8 Å². The van der Waals surface area contributed by atoms with Crippen LogP contribution in [-0.4, -0.2) is 18.0 Å². The van der Waals surface area contributed by atoms with Crippen molar-refractivity contribution in [3.05, 3.63) is 70.8 Å². The van der Waals surface area contributed by atoms with Crippen molar-refractivity contribution < 1.29 is 23.1 Å². The number of esters is 1. The second-order valence-electron chi connectivity index (χ2n) is 5.08. The molecule has 0 saturated carbocycles. The SMILES string of the molecule is CC(OC(=O)/C=C/c1ccc(F)cc1)C(=O)Nc1ccc(Cl)cc1F. The first kappa shape index (κ1) is 18.6. The maximum Gasteiger partial charge on any atom is 0.331 e. The Labute approximate surface area is 148 Å². The van der Waals surface area contributed by atoms with Gasteiger partial charge in [-0.25, -0.2) is 13.6 Å². The number of halogens is 3. The van der Waals surface area contributed by atoms with Crippen molar-refractivity contribution in [2.24, 2.45) is 0 Å². The molecule has 2 rings (SSSR count). The number of rotatable bonds is 5. The molecule has 0 aromatic heterocycles. The molecule has 0 aliphatic heterocycles. The minimum atomic E-state index is -1.14. The smallest absolute Gasteiger partial charge is 0.331 e. The van der Waals surface area contributed by atoms with Gasteiger partial charge in [-0.15, -0.1) is 0 Å². The van der Waals surface area contributed by atoms with E-state index in [4.69, 9.17) is 16.3 Å². The third-order valence-electron chi connectivity index (χ3n) is 3.13. The van der Waals surface area contributed by atoms with Crippen LogP contribution in [0.25, 0.3) is 6.08 Å². The molecule has 2 aromatic rings. The number of carbonyl (C=O) groups excluding carboxylic acids is 2. The summed E-state index contributed by atoms with van der Waals surface area (Å²) in [7, 11) is 0. The van der Waals surface area contributed by atoms with Gasteiger partial charge in [-0.1, -0.05) is 23.7 Å². The van der Waals surface area contributed by atoms with E-state index in [1.54, 1.807) is 0 Å². The maximum absolute atomic E-state index is 13.6. The van der Waals surface area contributed by atoms with E-state index >= 15 is 0 Å². The van der Waals surface area contributed by atoms with E-state index in [1.165, 1.54) is 49.4 Å². The highest BCUT2D eigenvalue weighted by Gasteiger charge is 2.18. The van der Waals surface area contributed by atoms with Gasteiger partial charge in [-0.3, -0.25) is 4.79 Å². The van der Waals surface area contributed by atoms with Crippen LogP contribution in [0.15, 0.2) is 48.5 Å². The number of nitrogens with one attached hydrogen (secondary N) is 1. The highest BCUT2D eigenvalue weighted by Crippen LogP contribution is 2.19. The van der Waals surface area contributed by atoms with Gasteiger partial charge >= 0.3 is 5.97 Å². The summed E-state index contributed by atoms with van der Waals surface area (Å²) in [6.45, 7) is 1.35. The zero-order valence-electron chi connectivity index (χ0n) is 13.1. The minimum Gasteiger partial charge on any atom is -0.449 e. The molecule has 2 aromatic carbocycles. The van der Waals surface area contributed by atoms with E-state index in [0.717, 1.165) is 12.1 Å². The lowest BCUT2D eigenvalue weighted by atomic mass is 10.2. The molecule has 0 bridgehead atoms. The summed E-state index contributed by atoms with van der Waals surface area (Å²) >= 11 is 5.63. The van der Waals surface area contributed by atoms with Crippen molar-refractivity contribution in [1.29, 1.82) is 0 Å². The van der Waals surface area contributed by atoms with Crippen LogP contribution >= 0.6 is 11.6 Å². The molecular formula is C18H14ClF2NO3. The maximum atomic E-state index is 13.6. The average Bonchev–Trinajstić information content (AvgIpc) is 2.56. The van der Waals surface area contributed by atoms with Crippen LogP contribution in [0.3, 0.4) is 0 Å². The highest BCUT2D eigenvalue weighted by molar-refractivity contribution is 6.30. The molecule has 0 radical (unpaired) electrons. The Morgan fingerprint density at radius 2 is 1.84 bits per heavy atom. The van der Waals surface area contributed by atoms with E-state index in [0.29, 0.717) is 5.56 Å². The molecule has 1 N–H and O–H groups in total. The largest absolute Gasteiger partial charge is 0.449 e. The molecule has 0 aliphatic rings. The first-order valence-corrected chi connectivity index (χ1v) is 7.63. The Hall–Kier alpha value is -2.73.